The summed E-state index contributed by atoms with van der Waals surface area (Å²) in [5.74, 6) is -0.121. The van der Waals surface area contributed by atoms with Crippen LogP contribution in [0.2, 0.25) is 0 Å². The molecule has 2 aromatic carbocycles. The number of hydrogen-bond donors (Lipinski definition) is 3. The smallest absolute Gasteiger partial charge is 0.273 e. The Bertz CT molecular complexity index is 865. The maximum absolute atomic E-state index is 11.9. The average Bonchev–Trinajstić information content (AvgIpc) is 2.62. The van der Waals surface area contributed by atoms with Crippen molar-refractivity contribution in [2.45, 2.75) is 0 Å². The fraction of sp³-hybridized carbons (Fsp3) is 0.0588. The molecule has 0 fully saturated rings. The van der Waals surface area contributed by atoms with Crippen LogP contribution < -0.4 is 15.4 Å². The van der Waals surface area contributed by atoms with Gasteiger partial charge in [-0.3, -0.25) is 20.2 Å². The van der Waals surface area contributed by atoms with E-state index in [1.54, 1.807) is 37.5 Å². The Morgan fingerprint density at radius 3 is 2.54 bits per heavy atom. The Hall–Kier alpha value is -3.46. The molecule has 8 nitrogen and oxygen atoms in total. The lowest BCUT2D eigenvalue weighted by Crippen LogP contribution is -2.32. The molecular weight excluding hydrogens is 358 g/mol. The lowest BCUT2D eigenvalue weighted by atomic mass is 10.2. The van der Waals surface area contributed by atoms with E-state index in [0.717, 1.165) is 11.6 Å². The van der Waals surface area contributed by atoms with Gasteiger partial charge in [-0.2, -0.15) is 0 Å². The van der Waals surface area contributed by atoms with Crippen LogP contribution in [0.15, 0.2) is 48.5 Å². The van der Waals surface area contributed by atoms with Crippen molar-refractivity contribution >= 4 is 40.7 Å². The van der Waals surface area contributed by atoms with Crippen LogP contribution >= 0.6 is 12.2 Å². The monoisotopic (exact) mass is 373 g/mol. The third-order valence-electron chi connectivity index (χ3n) is 3.22. The van der Waals surface area contributed by atoms with Gasteiger partial charge in [0, 0.05) is 12.1 Å². The van der Waals surface area contributed by atoms with Gasteiger partial charge in [0.2, 0.25) is 5.91 Å². The molecule has 0 heterocycles. The summed E-state index contributed by atoms with van der Waals surface area (Å²) < 4.78 is 5.05. The summed E-state index contributed by atoms with van der Waals surface area (Å²) in [6.07, 6.45) is 2.90. The molecule has 0 saturated heterocycles. The Morgan fingerprint density at radius 2 is 1.96 bits per heavy atom. The van der Waals surface area contributed by atoms with Crippen molar-refractivity contribution in [1.82, 2.24) is 5.32 Å². The first-order valence-corrected chi connectivity index (χ1v) is 7.71. The minimum atomic E-state index is -0.631. The maximum Gasteiger partial charge on any atom is 0.273 e. The van der Waals surface area contributed by atoms with Crippen molar-refractivity contribution in [2.24, 2.45) is 0 Å². The van der Waals surface area contributed by atoms with Crippen LogP contribution in [0.25, 0.3) is 6.08 Å². The van der Waals surface area contributed by atoms with Gasteiger partial charge in [-0.05, 0) is 42.1 Å². The highest BCUT2D eigenvalue weighted by atomic mass is 32.1. The van der Waals surface area contributed by atoms with Gasteiger partial charge in [0.15, 0.2) is 5.11 Å². The molecule has 9 heteroatoms. The number of carbonyl (C=O) groups excluding carboxylic acids is 1. The van der Waals surface area contributed by atoms with E-state index < -0.39 is 10.8 Å². The molecule has 26 heavy (non-hydrogen) atoms. The lowest BCUT2D eigenvalue weighted by molar-refractivity contribution is -0.384. The van der Waals surface area contributed by atoms with Crippen LogP contribution in [0.1, 0.15) is 5.56 Å². The first-order valence-electron chi connectivity index (χ1n) is 7.30. The number of ether oxygens (including phenoxy) is 1. The number of hydrogen-bond acceptors (Lipinski definition) is 6. The number of methoxy groups -OCH3 is 1. The largest absolute Gasteiger partial charge is 0.506 e. The van der Waals surface area contributed by atoms with Crippen molar-refractivity contribution in [1.29, 1.82) is 0 Å². The summed E-state index contributed by atoms with van der Waals surface area (Å²) in [7, 11) is 1.56. The Labute approximate surface area is 154 Å². The number of rotatable bonds is 5. The molecule has 2 rings (SSSR count). The summed E-state index contributed by atoms with van der Waals surface area (Å²) in [6.45, 7) is 0. The van der Waals surface area contributed by atoms with Crippen molar-refractivity contribution < 1.29 is 19.6 Å². The number of nitro benzene ring substituents is 1. The van der Waals surface area contributed by atoms with E-state index in [4.69, 9.17) is 17.0 Å². The number of nitrogens with one attached hydrogen (secondary N) is 2. The number of anilines is 1. The molecule has 0 aliphatic rings. The van der Waals surface area contributed by atoms with Gasteiger partial charge in [0.25, 0.3) is 5.69 Å². The van der Waals surface area contributed by atoms with Crippen LogP contribution in [0.5, 0.6) is 11.5 Å². The van der Waals surface area contributed by atoms with Crippen molar-refractivity contribution in [3.63, 3.8) is 0 Å². The lowest BCUT2D eigenvalue weighted by Gasteiger charge is -2.09. The topological polar surface area (TPSA) is 114 Å². The van der Waals surface area contributed by atoms with E-state index in [0.29, 0.717) is 5.75 Å². The number of carbonyl (C=O) groups is 1. The molecule has 0 aromatic heterocycles. The summed E-state index contributed by atoms with van der Waals surface area (Å²) in [5.41, 5.74) is 0.679. The van der Waals surface area contributed by atoms with E-state index in [-0.39, 0.29) is 22.2 Å². The van der Waals surface area contributed by atoms with Gasteiger partial charge in [-0.15, -0.1) is 0 Å². The van der Waals surface area contributed by atoms with Gasteiger partial charge in [-0.1, -0.05) is 12.1 Å². The molecule has 134 valence electrons. The van der Waals surface area contributed by atoms with Crippen LogP contribution in [0.4, 0.5) is 11.4 Å². The molecule has 3 N–H and O–H groups in total. The fourth-order valence-corrected chi connectivity index (χ4v) is 2.14. The van der Waals surface area contributed by atoms with Crippen LogP contribution in [-0.4, -0.2) is 28.2 Å². The number of benzene rings is 2. The van der Waals surface area contributed by atoms with Gasteiger partial charge < -0.3 is 15.2 Å². The van der Waals surface area contributed by atoms with E-state index in [9.17, 15) is 20.0 Å². The minimum absolute atomic E-state index is 0.0569. The molecule has 0 saturated carbocycles. The Balaban J connectivity index is 1.93. The van der Waals surface area contributed by atoms with Crippen molar-refractivity contribution in [3.8, 4) is 11.5 Å². The van der Waals surface area contributed by atoms with E-state index in [2.05, 4.69) is 10.6 Å². The number of phenolic OH excluding ortho intramolecular Hbond substituents is 1. The zero-order valence-corrected chi connectivity index (χ0v) is 14.4. The summed E-state index contributed by atoms with van der Waals surface area (Å²) >= 11 is 4.98. The maximum atomic E-state index is 11.9. The fourth-order valence-electron chi connectivity index (χ4n) is 1.93. The van der Waals surface area contributed by atoms with E-state index >= 15 is 0 Å². The molecule has 0 unspecified atom stereocenters. The molecule has 1 amide bonds. The average molecular weight is 373 g/mol. The van der Waals surface area contributed by atoms with Crippen LogP contribution in [-0.2, 0) is 4.79 Å². The highest BCUT2D eigenvalue weighted by Gasteiger charge is 2.11. The quantitative estimate of drug-likeness (QED) is 0.243. The first-order chi connectivity index (χ1) is 12.4. The second-order valence-corrected chi connectivity index (χ2v) is 5.42. The molecule has 0 spiro atoms. The van der Waals surface area contributed by atoms with Gasteiger partial charge in [-0.25, -0.2) is 0 Å². The number of nitrogens with zero attached hydrogens (tertiary/aromatic N) is 1. The zero-order valence-electron chi connectivity index (χ0n) is 13.6. The number of nitro groups is 1. The predicted octanol–water partition coefficient (Wildman–Crippen LogP) is 2.84. The molecule has 2 aromatic rings. The zero-order chi connectivity index (χ0) is 19.1. The first kappa shape index (κ1) is 18.9. The van der Waals surface area contributed by atoms with E-state index in [1.165, 1.54) is 18.2 Å². The van der Waals surface area contributed by atoms with Crippen molar-refractivity contribution in [2.75, 3.05) is 12.4 Å². The second kappa shape index (κ2) is 8.58. The Kier molecular flexibility index (Phi) is 6.23. The molecule has 0 aliphatic heterocycles. The predicted molar refractivity (Wildman–Crippen MR) is 101 cm³/mol. The van der Waals surface area contributed by atoms with Crippen molar-refractivity contribution in [3.05, 3.63) is 64.2 Å². The molecule has 0 bridgehead atoms. The summed E-state index contributed by atoms with van der Waals surface area (Å²) in [6, 6.07) is 10.6. The van der Waals surface area contributed by atoms with Gasteiger partial charge in [0.1, 0.15) is 11.5 Å². The van der Waals surface area contributed by atoms with Crippen LogP contribution in [0, 0.1) is 10.1 Å². The highest BCUT2D eigenvalue weighted by Crippen LogP contribution is 2.27. The van der Waals surface area contributed by atoms with Gasteiger partial charge in [0.05, 0.1) is 23.8 Å². The second-order valence-electron chi connectivity index (χ2n) is 5.01. The Morgan fingerprint density at radius 1 is 1.27 bits per heavy atom. The molecule has 0 atom stereocenters. The normalized spacial score (nSPS) is 10.3. The third kappa shape index (κ3) is 5.28. The molecular formula is C17H15N3O5S. The minimum Gasteiger partial charge on any atom is -0.506 e. The van der Waals surface area contributed by atoms with Gasteiger partial charge >= 0.3 is 0 Å². The van der Waals surface area contributed by atoms with Crippen LogP contribution in [0.3, 0.4) is 0 Å². The number of amides is 1. The molecule has 0 aliphatic carbocycles. The highest BCUT2D eigenvalue weighted by molar-refractivity contribution is 7.80. The number of aromatic hydroxyl groups is 1. The number of phenols is 1. The number of non-ortho nitro benzene ring substituents is 1. The number of thiocarbonyl (C=S) groups is 1. The SMILES string of the molecule is COc1ccc(/C=C/C(=O)NC(=S)Nc2ccc([N+](=O)[O-])cc2O)cc1. The summed E-state index contributed by atoms with van der Waals surface area (Å²) in [5, 5.41) is 25.3. The van der Waals surface area contributed by atoms with E-state index in [1.807, 2.05) is 0 Å². The standard InChI is InChI=1S/C17H15N3O5S/c1-25-13-6-2-11(3-7-13)4-9-16(22)19-17(26)18-14-8-5-12(20(23)24)10-15(14)21/h2-10,21H,1H3,(H2,18,19,22,26)/b9-4+. The third-order valence-corrected chi connectivity index (χ3v) is 3.42. The summed E-state index contributed by atoms with van der Waals surface area (Å²) in [4.78, 5) is 21.9. The molecule has 0 radical (unpaired) electrons.